The van der Waals surface area contributed by atoms with Crippen LogP contribution in [0.1, 0.15) is 58.7 Å². The second kappa shape index (κ2) is 7.57. The quantitative estimate of drug-likeness (QED) is 0.803. The van der Waals surface area contributed by atoms with Gasteiger partial charge in [-0.05, 0) is 19.4 Å². The van der Waals surface area contributed by atoms with Crippen LogP contribution in [0, 0.1) is 13.8 Å². The number of aryl methyl sites for hydroxylation is 2. The van der Waals surface area contributed by atoms with Gasteiger partial charge in [-0.1, -0.05) is 19.0 Å². The van der Waals surface area contributed by atoms with E-state index in [9.17, 15) is 9.59 Å². The molecule has 0 spiro atoms. The number of nitrogens with zero attached hydrogens (tertiary/aromatic N) is 2. The molecule has 7 nitrogen and oxygen atoms in total. The molecule has 2 aromatic heterocycles. The first-order valence-corrected chi connectivity index (χ1v) is 8.45. The highest BCUT2D eigenvalue weighted by molar-refractivity contribution is 7.16. The van der Waals surface area contributed by atoms with Crippen LogP contribution in [0.15, 0.2) is 4.52 Å². The van der Waals surface area contributed by atoms with Crippen molar-refractivity contribution < 1.29 is 18.8 Å². The number of amides is 1. The predicted octanol–water partition coefficient (Wildman–Crippen LogP) is 3.23. The Balaban J connectivity index is 2.02. The predicted molar refractivity (Wildman–Crippen MR) is 90.5 cm³/mol. The van der Waals surface area contributed by atoms with E-state index in [0.29, 0.717) is 28.7 Å². The molecule has 0 bridgehead atoms. The summed E-state index contributed by atoms with van der Waals surface area (Å²) in [6, 6.07) is 0. The van der Waals surface area contributed by atoms with E-state index >= 15 is 0 Å². The van der Waals surface area contributed by atoms with Crippen molar-refractivity contribution in [3.8, 4) is 0 Å². The van der Waals surface area contributed by atoms with Crippen LogP contribution >= 0.6 is 11.3 Å². The van der Waals surface area contributed by atoms with Crippen molar-refractivity contribution in [2.75, 3.05) is 12.4 Å². The number of hydrogen-bond acceptors (Lipinski definition) is 7. The Kier molecular flexibility index (Phi) is 5.71. The second-order valence-electron chi connectivity index (χ2n) is 5.73. The molecule has 24 heavy (non-hydrogen) atoms. The maximum atomic E-state index is 12.2. The number of methoxy groups -OCH3 is 1. The average Bonchev–Trinajstić information content (AvgIpc) is 3.11. The third kappa shape index (κ3) is 4.00. The summed E-state index contributed by atoms with van der Waals surface area (Å²) < 4.78 is 9.91. The monoisotopic (exact) mass is 351 g/mol. The Hall–Kier alpha value is -2.22. The Labute approximate surface area is 144 Å². The van der Waals surface area contributed by atoms with E-state index in [1.54, 1.807) is 0 Å². The zero-order valence-electron chi connectivity index (χ0n) is 14.4. The maximum absolute atomic E-state index is 12.2. The smallest absolute Gasteiger partial charge is 0.341 e. The molecule has 130 valence electrons. The van der Waals surface area contributed by atoms with Gasteiger partial charge in [0.15, 0.2) is 5.82 Å². The van der Waals surface area contributed by atoms with Gasteiger partial charge in [0.2, 0.25) is 11.8 Å². The van der Waals surface area contributed by atoms with E-state index in [1.165, 1.54) is 18.4 Å². The van der Waals surface area contributed by atoms with Crippen LogP contribution in [0.5, 0.6) is 0 Å². The van der Waals surface area contributed by atoms with E-state index in [2.05, 4.69) is 15.5 Å². The van der Waals surface area contributed by atoms with Crippen LogP contribution in [0.4, 0.5) is 5.00 Å². The summed E-state index contributed by atoms with van der Waals surface area (Å²) in [4.78, 5) is 29.3. The first-order chi connectivity index (χ1) is 11.3. The highest BCUT2D eigenvalue weighted by Gasteiger charge is 2.21. The molecule has 0 unspecified atom stereocenters. The summed E-state index contributed by atoms with van der Waals surface area (Å²) in [5.41, 5.74) is 1.23. The summed E-state index contributed by atoms with van der Waals surface area (Å²) in [5, 5.41) is 7.15. The molecule has 2 aromatic rings. The Morgan fingerprint density at radius 1 is 1.33 bits per heavy atom. The van der Waals surface area contributed by atoms with E-state index < -0.39 is 5.97 Å². The molecular weight excluding hydrogens is 330 g/mol. The normalized spacial score (nSPS) is 10.9. The van der Waals surface area contributed by atoms with E-state index in [1.807, 2.05) is 27.7 Å². The molecule has 0 aliphatic carbocycles. The van der Waals surface area contributed by atoms with Crippen LogP contribution in [0.2, 0.25) is 0 Å². The molecule has 1 amide bonds. The number of nitrogens with one attached hydrogen (secondary N) is 1. The molecule has 2 rings (SSSR count). The van der Waals surface area contributed by atoms with Crippen molar-refractivity contribution >= 4 is 28.2 Å². The fraction of sp³-hybridized carbons (Fsp3) is 0.500. The van der Waals surface area contributed by atoms with Gasteiger partial charge in [0, 0.05) is 23.6 Å². The summed E-state index contributed by atoms with van der Waals surface area (Å²) in [5.74, 6) is 0.566. The fourth-order valence-electron chi connectivity index (χ4n) is 2.08. The lowest BCUT2D eigenvalue weighted by Crippen LogP contribution is -2.14. The van der Waals surface area contributed by atoms with Crippen LogP contribution < -0.4 is 5.32 Å². The Morgan fingerprint density at radius 3 is 2.62 bits per heavy atom. The third-order valence-corrected chi connectivity index (χ3v) is 4.72. The summed E-state index contributed by atoms with van der Waals surface area (Å²) in [7, 11) is 1.32. The van der Waals surface area contributed by atoms with Gasteiger partial charge >= 0.3 is 5.97 Å². The molecule has 2 heterocycles. The number of aromatic nitrogens is 2. The average molecular weight is 351 g/mol. The second-order valence-corrected chi connectivity index (χ2v) is 6.95. The number of hydrogen-bond donors (Lipinski definition) is 1. The highest BCUT2D eigenvalue weighted by Crippen LogP contribution is 2.33. The minimum absolute atomic E-state index is 0.177. The van der Waals surface area contributed by atoms with Gasteiger partial charge in [0.25, 0.3) is 0 Å². The molecule has 0 saturated carbocycles. The van der Waals surface area contributed by atoms with Gasteiger partial charge in [-0.3, -0.25) is 4.79 Å². The van der Waals surface area contributed by atoms with E-state index in [4.69, 9.17) is 9.26 Å². The molecule has 0 aliphatic rings. The van der Waals surface area contributed by atoms with Gasteiger partial charge < -0.3 is 14.6 Å². The molecule has 0 fully saturated rings. The van der Waals surface area contributed by atoms with E-state index in [0.717, 1.165) is 10.4 Å². The molecule has 8 heteroatoms. The minimum atomic E-state index is -0.453. The number of thiophene rings is 1. The molecule has 0 atom stereocenters. The minimum Gasteiger partial charge on any atom is -0.465 e. The van der Waals surface area contributed by atoms with Crippen molar-refractivity contribution in [1.82, 2.24) is 10.1 Å². The molecular formula is C16H21N3O4S. The van der Waals surface area contributed by atoms with Crippen LogP contribution in [-0.4, -0.2) is 29.1 Å². The largest absolute Gasteiger partial charge is 0.465 e. The van der Waals surface area contributed by atoms with Crippen molar-refractivity contribution in [1.29, 1.82) is 0 Å². The lowest BCUT2D eigenvalue weighted by atomic mass is 10.1. The number of carbonyl (C=O) groups excluding carboxylic acids is 2. The Morgan fingerprint density at radius 2 is 2.04 bits per heavy atom. The SMILES string of the molecule is COC(=O)c1c(NC(=O)CCc2nc(C(C)C)no2)sc(C)c1C. The van der Waals surface area contributed by atoms with Gasteiger partial charge in [-0.2, -0.15) is 4.98 Å². The number of ether oxygens (including phenoxy) is 1. The topological polar surface area (TPSA) is 94.3 Å². The van der Waals surface area contributed by atoms with E-state index in [-0.39, 0.29) is 18.2 Å². The number of rotatable bonds is 6. The summed E-state index contributed by atoms with van der Waals surface area (Å²) >= 11 is 1.36. The number of anilines is 1. The zero-order valence-corrected chi connectivity index (χ0v) is 15.2. The van der Waals surface area contributed by atoms with Crippen molar-refractivity contribution in [3.63, 3.8) is 0 Å². The zero-order chi connectivity index (χ0) is 17.9. The lowest BCUT2D eigenvalue weighted by Gasteiger charge is -2.05. The van der Waals surface area contributed by atoms with Crippen LogP contribution in [-0.2, 0) is 16.0 Å². The molecule has 1 N–H and O–H groups in total. The first kappa shape index (κ1) is 18.1. The lowest BCUT2D eigenvalue weighted by molar-refractivity contribution is -0.116. The maximum Gasteiger partial charge on any atom is 0.341 e. The van der Waals surface area contributed by atoms with Gasteiger partial charge in [-0.15, -0.1) is 11.3 Å². The van der Waals surface area contributed by atoms with Crippen molar-refractivity contribution in [2.24, 2.45) is 0 Å². The van der Waals surface area contributed by atoms with Crippen molar-refractivity contribution in [3.05, 3.63) is 27.7 Å². The van der Waals surface area contributed by atoms with Crippen molar-refractivity contribution in [2.45, 2.75) is 46.5 Å². The van der Waals surface area contributed by atoms with Gasteiger partial charge in [0.1, 0.15) is 5.00 Å². The molecule has 0 aliphatic heterocycles. The van der Waals surface area contributed by atoms with Gasteiger partial charge in [-0.25, -0.2) is 4.79 Å². The molecule has 0 saturated heterocycles. The summed E-state index contributed by atoms with van der Waals surface area (Å²) in [6.45, 7) is 7.67. The first-order valence-electron chi connectivity index (χ1n) is 7.64. The van der Waals surface area contributed by atoms with Gasteiger partial charge in [0.05, 0.1) is 12.7 Å². The Bertz CT molecular complexity index is 749. The third-order valence-electron chi connectivity index (χ3n) is 3.59. The molecule has 0 radical (unpaired) electrons. The summed E-state index contributed by atoms with van der Waals surface area (Å²) in [6.07, 6.45) is 0.540. The standard InChI is InChI=1S/C16H21N3O4S/c1-8(2)14-18-12(23-19-14)7-6-11(20)17-15-13(16(21)22-5)9(3)10(4)24-15/h8H,6-7H2,1-5H3,(H,17,20). The van der Waals surface area contributed by atoms with Crippen LogP contribution in [0.3, 0.4) is 0 Å². The fourth-order valence-corrected chi connectivity index (χ4v) is 3.14. The highest BCUT2D eigenvalue weighted by atomic mass is 32.1. The number of carbonyl (C=O) groups is 2. The number of esters is 1. The van der Waals surface area contributed by atoms with Crippen LogP contribution in [0.25, 0.3) is 0 Å². The molecule has 0 aromatic carbocycles.